The molecule has 80 valence electrons. The van der Waals surface area contributed by atoms with Crippen molar-refractivity contribution >= 4 is 11.9 Å². The fourth-order valence-electron chi connectivity index (χ4n) is 1.80. The Balaban J connectivity index is 2.17. The largest absolute Gasteiger partial charge is 0.548 e. The number of carboxylic acid groups (broad SMARTS) is 1. The molecular weight excluding hydrogens is 198 g/mol. The molecule has 0 unspecified atom stereocenters. The quantitative estimate of drug-likeness (QED) is 0.664. The van der Waals surface area contributed by atoms with E-state index in [2.05, 4.69) is 0 Å². The van der Waals surface area contributed by atoms with Crippen LogP contribution in [-0.2, 0) is 4.79 Å². The first-order valence-corrected chi connectivity index (χ1v) is 4.75. The Kier molecular flexibility index (Phi) is 2.45. The van der Waals surface area contributed by atoms with Gasteiger partial charge in [0, 0.05) is 6.54 Å². The van der Waals surface area contributed by atoms with Gasteiger partial charge in [-0.1, -0.05) is 0 Å². The number of nitrogens with zero attached hydrogens (tertiary/aromatic N) is 1. The first kappa shape index (κ1) is 9.76. The highest BCUT2D eigenvalue weighted by atomic mass is 16.4. The van der Waals surface area contributed by atoms with Gasteiger partial charge in [-0.05, 0) is 25.0 Å². The summed E-state index contributed by atoms with van der Waals surface area (Å²) in [6.07, 6.45) is 2.53. The van der Waals surface area contributed by atoms with Gasteiger partial charge in [0.05, 0.1) is 18.3 Å². The molecule has 0 aromatic carbocycles. The van der Waals surface area contributed by atoms with Crippen LogP contribution >= 0.6 is 0 Å². The van der Waals surface area contributed by atoms with Crippen molar-refractivity contribution in [2.75, 3.05) is 6.54 Å². The second kappa shape index (κ2) is 3.76. The summed E-state index contributed by atoms with van der Waals surface area (Å²) >= 11 is 0. The van der Waals surface area contributed by atoms with Crippen molar-refractivity contribution in [1.82, 2.24) is 4.90 Å². The number of likely N-dealkylation sites (tertiary alicyclic amines) is 1. The summed E-state index contributed by atoms with van der Waals surface area (Å²) in [5.41, 5.74) is 0. The zero-order valence-electron chi connectivity index (χ0n) is 8.01. The van der Waals surface area contributed by atoms with E-state index < -0.39 is 12.0 Å². The minimum atomic E-state index is -1.20. The lowest BCUT2D eigenvalue weighted by atomic mass is 10.2. The van der Waals surface area contributed by atoms with Crippen LogP contribution in [0.1, 0.15) is 23.4 Å². The number of rotatable bonds is 2. The lowest BCUT2D eigenvalue weighted by Gasteiger charge is -2.24. The number of hydrogen-bond acceptors (Lipinski definition) is 4. The first-order valence-electron chi connectivity index (χ1n) is 4.75. The molecule has 1 aromatic heterocycles. The molecule has 5 heteroatoms. The molecule has 1 aromatic rings. The minimum Gasteiger partial charge on any atom is -0.548 e. The third kappa shape index (κ3) is 1.72. The van der Waals surface area contributed by atoms with Crippen LogP contribution in [0.5, 0.6) is 0 Å². The molecule has 0 aliphatic carbocycles. The van der Waals surface area contributed by atoms with E-state index in [9.17, 15) is 14.7 Å². The van der Waals surface area contributed by atoms with Gasteiger partial charge in [0.15, 0.2) is 5.76 Å². The van der Waals surface area contributed by atoms with Gasteiger partial charge in [-0.25, -0.2) is 0 Å². The molecule has 5 nitrogen and oxygen atoms in total. The number of aliphatic carboxylic acids is 1. The van der Waals surface area contributed by atoms with Crippen LogP contribution in [0.3, 0.4) is 0 Å². The third-order valence-corrected chi connectivity index (χ3v) is 2.52. The van der Waals surface area contributed by atoms with Crippen LogP contribution in [0, 0.1) is 0 Å². The van der Waals surface area contributed by atoms with E-state index in [4.69, 9.17) is 4.42 Å². The molecule has 2 heterocycles. The standard InChI is InChI=1S/C10H11NO4/c12-9(8-4-2-6-15-8)11-5-1-3-7(11)10(13)14/h2,4,6-7H,1,3,5H2,(H,13,14)/p-1/t7-/m1/s1. The van der Waals surface area contributed by atoms with E-state index >= 15 is 0 Å². The van der Waals surface area contributed by atoms with E-state index in [0.717, 1.165) is 0 Å². The second-order valence-electron chi connectivity index (χ2n) is 3.45. The number of hydrogen-bond donors (Lipinski definition) is 0. The Morgan fingerprint density at radius 2 is 2.33 bits per heavy atom. The van der Waals surface area contributed by atoms with Crippen LogP contribution in [0.25, 0.3) is 0 Å². The van der Waals surface area contributed by atoms with Crippen molar-refractivity contribution < 1.29 is 19.1 Å². The van der Waals surface area contributed by atoms with Gasteiger partial charge in [0.2, 0.25) is 0 Å². The van der Waals surface area contributed by atoms with Crippen LogP contribution in [0.15, 0.2) is 22.8 Å². The van der Waals surface area contributed by atoms with Gasteiger partial charge in [-0.2, -0.15) is 0 Å². The molecule has 1 atom stereocenters. The molecule has 2 rings (SSSR count). The van der Waals surface area contributed by atoms with Gasteiger partial charge in [-0.15, -0.1) is 0 Å². The molecule has 1 amide bonds. The molecule has 0 radical (unpaired) electrons. The zero-order valence-corrected chi connectivity index (χ0v) is 8.01. The van der Waals surface area contributed by atoms with E-state index in [1.807, 2.05) is 0 Å². The smallest absolute Gasteiger partial charge is 0.290 e. The second-order valence-corrected chi connectivity index (χ2v) is 3.45. The molecule has 1 fully saturated rings. The Labute approximate surface area is 86.3 Å². The average molecular weight is 208 g/mol. The third-order valence-electron chi connectivity index (χ3n) is 2.52. The number of carbonyl (C=O) groups excluding carboxylic acids is 2. The summed E-state index contributed by atoms with van der Waals surface area (Å²) in [7, 11) is 0. The van der Waals surface area contributed by atoms with Crippen molar-refractivity contribution in [3.8, 4) is 0 Å². The van der Waals surface area contributed by atoms with Crippen LogP contribution < -0.4 is 5.11 Å². The lowest BCUT2D eigenvalue weighted by Crippen LogP contribution is -2.46. The predicted octanol–water partition coefficient (Wildman–Crippen LogP) is -0.366. The van der Waals surface area contributed by atoms with Gasteiger partial charge in [0.25, 0.3) is 5.91 Å². The van der Waals surface area contributed by atoms with Crippen molar-refractivity contribution in [1.29, 1.82) is 0 Å². The van der Waals surface area contributed by atoms with E-state index in [0.29, 0.717) is 19.4 Å². The lowest BCUT2D eigenvalue weighted by molar-refractivity contribution is -0.310. The number of carboxylic acids is 1. The normalized spacial score (nSPS) is 20.5. The minimum absolute atomic E-state index is 0.170. The molecule has 1 saturated heterocycles. The van der Waals surface area contributed by atoms with Crippen molar-refractivity contribution in [3.05, 3.63) is 24.2 Å². The highest BCUT2D eigenvalue weighted by molar-refractivity contribution is 5.94. The zero-order chi connectivity index (χ0) is 10.8. The topological polar surface area (TPSA) is 73.6 Å². The van der Waals surface area contributed by atoms with Crippen molar-refractivity contribution in [2.45, 2.75) is 18.9 Å². The van der Waals surface area contributed by atoms with Crippen molar-refractivity contribution in [3.63, 3.8) is 0 Å². The van der Waals surface area contributed by atoms with Crippen LogP contribution in [0.4, 0.5) is 0 Å². The Morgan fingerprint density at radius 1 is 1.53 bits per heavy atom. The number of furan rings is 1. The fourth-order valence-corrected chi connectivity index (χ4v) is 1.80. The van der Waals surface area contributed by atoms with E-state index in [1.165, 1.54) is 17.2 Å². The van der Waals surface area contributed by atoms with Gasteiger partial charge < -0.3 is 19.2 Å². The summed E-state index contributed by atoms with van der Waals surface area (Å²) in [6, 6.07) is 2.30. The summed E-state index contributed by atoms with van der Waals surface area (Å²) in [4.78, 5) is 23.8. The van der Waals surface area contributed by atoms with E-state index in [1.54, 1.807) is 6.07 Å². The molecule has 1 aliphatic heterocycles. The van der Waals surface area contributed by atoms with Gasteiger partial charge in [-0.3, -0.25) is 4.79 Å². The fraction of sp³-hybridized carbons (Fsp3) is 0.400. The monoisotopic (exact) mass is 208 g/mol. The molecule has 15 heavy (non-hydrogen) atoms. The Morgan fingerprint density at radius 3 is 2.93 bits per heavy atom. The summed E-state index contributed by atoms with van der Waals surface area (Å²) in [5, 5.41) is 10.8. The maximum Gasteiger partial charge on any atom is 0.290 e. The molecular formula is C10H10NO4-. The van der Waals surface area contributed by atoms with E-state index in [-0.39, 0.29) is 11.7 Å². The summed E-state index contributed by atoms with van der Waals surface area (Å²) in [6.45, 7) is 0.443. The Hall–Kier alpha value is -1.78. The van der Waals surface area contributed by atoms with Gasteiger partial charge in [0.1, 0.15) is 0 Å². The molecule has 0 spiro atoms. The highest BCUT2D eigenvalue weighted by Gasteiger charge is 2.31. The van der Waals surface area contributed by atoms with Gasteiger partial charge >= 0.3 is 0 Å². The summed E-state index contributed by atoms with van der Waals surface area (Å²) in [5.74, 6) is -1.41. The number of amides is 1. The Bertz CT molecular complexity index is 371. The van der Waals surface area contributed by atoms with Crippen LogP contribution in [-0.4, -0.2) is 29.4 Å². The molecule has 0 N–H and O–H groups in total. The van der Waals surface area contributed by atoms with Crippen molar-refractivity contribution in [2.24, 2.45) is 0 Å². The molecule has 1 aliphatic rings. The summed E-state index contributed by atoms with van der Waals surface area (Å²) < 4.78 is 4.93. The molecule has 0 saturated carbocycles. The van der Waals surface area contributed by atoms with Crippen LogP contribution in [0.2, 0.25) is 0 Å². The SMILES string of the molecule is O=C([O-])[C@H]1CCCN1C(=O)c1ccco1. The average Bonchev–Trinajstić information content (AvgIpc) is 2.88. The predicted molar refractivity (Wildman–Crippen MR) is 47.8 cm³/mol. The maximum atomic E-state index is 11.8. The molecule has 0 bridgehead atoms. The maximum absolute atomic E-state index is 11.8. The highest BCUT2D eigenvalue weighted by Crippen LogP contribution is 2.19. The number of carbonyl (C=O) groups is 2. The first-order chi connectivity index (χ1) is 7.20.